The number of halogens is 1. The molecule has 1 aromatic carbocycles. The van der Waals surface area contributed by atoms with E-state index in [1.165, 1.54) is 6.07 Å². The number of nitrogens with zero attached hydrogens (tertiary/aromatic N) is 3. The first-order valence-corrected chi connectivity index (χ1v) is 8.08. The second-order valence-electron chi connectivity index (χ2n) is 6.27. The van der Waals surface area contributed by atoms with Crippen molar-refractivity contribution in [1.82, 2.24) is 15.1 Å². The predicted octanol–water partition coefficient (Wildman–Crippen LogP) is 2.22. The van der Waals surface area contributed by atoms with Gasteiger partial charge in [0.25, 0.3) is 0 Å². The first-order chi connectivity index (χ1) is 11.6. The van der Waals surface area contributed by atoms with Crippen molar-refractivity contribution in [3.05, 3.63) is 47.4 Å². The molecule has 2 fully saturated rings. The monoisotopic (exact) mass is 331 g/mol. The number of aromatic nitrogens is 2. The second kappa shape index (κ2) is 5.98. The van der Waals surface area contributed by atoms with Crippen LogP contribution in [0.15, 0.2) is 28.7 Å². The molecule has 0 N–H and O–H groups in total. The van der Waals surface area contributed by atoms with E-state index in [9.17, 15) is 9.18 Å². The van der Waals surface area contributed by atoms with E-state index in [2.05, 4.69) is 10.2 Å². The van der Waals surface area contributed by atoms with Crippen LogP contribution >= 0.6 is 0 Å². The molecular weight excluding hydrogens is 313 g/mol. The van der Waals surface area contributed by atoms with Crippen molar-refractivity contribution in [2.24, 2.45) is 5.92 Å². The van der Waals surface area contributed by atoms with Gasteiger partial charge in [-0.2, -0.15) is 0 Å². The summed E-state index contributed by atoms with van der Waals surface area (Å²) >= 11 is 0. The molecular formula is C17H18FN3O3. The highest BCUT2D eigenvalue weighted by atomic mass is 19.1. The Hall–Kier alpha value is -2.28. The number of amides is 1. The molecule has 4 rings (SSSR count). The number of hydrogen-bond acceptors (Lipinski definition) is 5. The fourth-order valence-electron chi connectivity index (χ4n) is 3.26. The maximum Gasteiger partial charge on any atom is 0.246 e. The van der Waals surface area contributed by atoms with Gasteiger partial charge in [0.1, 0.15) is 5.82 Å². The maximum atomic E-state index is 13.9. The first kappa shape index (κ1) is 15.3. The lowest BCUT2D eigenvalue weighted by molar-refractivity contribution is -0.141. The predicted molar refractivity (Wildman–Crippen MR) is 81.6 cm³/mol. The van der Waals surface area contributed by atoms with Crippen molar-refractivity contribution in [1.29, 1.82) is 0 Å². The Morgan fingerprint density at radius 3 is 2.92 bits per heavy atom. The minimum absolute atomic E-state index is 0.0226. The lowest BCUT2D eigenvalue weighted by Gasteiger charge is -2.31. The van der Waals surface area contributed by atoms with Gasteiger partial charge in [0.05, 0.1) is 13.2 Å². The standard InChI is InChI=1S/C17H18FN3O3/c1-10-19-20-16(24-10)15-9-21(6-7-23-15)17(22)13-8-12(13)11-4-2-3-5-14(11)18/h2-5,12-13,15H,6-9H2,1H3/t12-,13+,15-/m0/s1. The molecule has 6 nitrogen and oxygen atoms in total. The average molecular weight is 331 g/mol. The van der Waals surface area contributed by atoms with Crippen LogP contribution in [0.2, 0.25) is 0 Å². The fourth-order valence-corrected chi connectivity index (χ4v) is 3.26. The lowest BCUT2D eigenvalue weighted by atomic mass is 10.1. The van der Waals surface area contributed by atoms with Crippen molar-refractivity contribution in [3.8, 4) is 0 Å². The van der Waals surface area contributed by atoms with Crippen molar-refractivity contribution >= 4 is 5.91 Å². The molecule has 1 aliphatic carbocycles. The maximum absolute atomic E-state index is 13.9. The van der Waals surface area contributed by atoms with Crippen molar-refractivity contribution in [2.45, 2.75) is 25.4 Å². The summed E-state index contributed by atoms with van der Waals surface area (Å²) in [5.74, 6) is 0.507. The number of ether oxygens (including phenoxy) is 1. The van der Waals surface area contributed by atoms with Gasteiger partial charge in [0.15, 0.2) is 6.10 Å². The van der Waals surface area contributed by atoms with Crippen LogP contribution in [0.3, 0.4) is 0 Å². The van der Waals surface area contributed by atoms with Gasteiger partial charge in [0.2, 0.25) is 17.7 Å². The quantitative estimate of drug-likeness (QED) is 0.863. The van der Waals surface area contributed by atoms with Gasteiger partial charge in [-0.25, -0.2) is 4.39 Å². The molecule has 2 aromatic rings. The molecule has 3 atom stereocenters. The highest BCUT2D eigenvalue weighted by Gasteiger charge is 2.47. The topological polar surface area (TPSA) is 68.5 Å². The van der Waals surface area contributed by atoms with E-state index in [1.807, 2.05) is 0 Å². The third-order valence-corrected chi connectivity index (χ3v) is 4.61. The molecule has 0 radical (unpaired) electrons. The summed E-state index contributed by atoms with van der Waals surface area (Å²) in [7, 11) is 0. The largest absolute Gasteiger partial charge is 0.423 e. The van der Waals surface area contributed by atoms with E-state index in [0.717, 1.165) is 0 Å². The van der Waals surface area contributed by atoms with Crippen LogP contribution in [-0.2, 0) is 9.53 Å². The zero-order chi connectivity index (χ0) is 16.7. The van der Waals surface area contributed by atoms with Gasteiger partial charge < -0.3 is 14.1 Å². The van der Waals surface area contributed by atoms with Crippen molar-refractivity contribution < 1.29 is 18.3 Å². The van der Waals surface area contributed by atoms with E-state index in [1.54, 1.807) is 30.0 Å². The Balaban J connectivity index is 1.43. The SMILES string of the molecule is Cc1nnc([C@@H]2CN(C(=O)[C@@H]3C[C@H]3c3ccccc3F)CCO2)o1. The number of benzene rings is 1. The highest BCUT2D eigenvalue weighted by Crippen LogP contribution is 2.49. The van der Waals surface area contributed by atoms with E-state index < -0.39 is 6.10 Å². The Morgan fingerprint density at radius 1 is 1.33 bits per heavy atom. The van der Waals surface area contributed by atoms with Gasteiger partial charge in [-0.1, -0.05) is 18.2 Å². The highest BCUT2D eigenvalue weighted by molar-refractivity contribution is 5.83. The molecule has 1 saturated carbocycles. The van der Waals surface area contributed by atoms with Crippen LogP contribution in [0.5, 0.6) is 0 Å². The van der Waals surface area contributed by atoms with Gasteiger partial charge in [-0.15, -0.1) is 10.2 Å². The minimum atomic E-state index is -0.394. The van der Waals surface area contributed by atoms with Crippen LogP contribution in [0.4, 0.5) is 4.39 Å². The van der Waals surface area contributed by atoms with E-state index in [0.29, 0.717) is 43.5 Å². The normalized spacial score (nSPS) is 26.4. The Bertz CT molecular complexity index is 763. The van der Waals surface area contributed by atoms with Crippen molar-refractivity contribution in [3.63, 3.8) is 0 Å². The summed E-state index contributed by atoms with van der Waals surface area (Å²) in [5, 5.41) is 7.77. The average Bonchev–Trinajstić information content (AvgIpc) is 3.27. The molecule has 2 heterocycles. The summed E-state index contributed by atoms with van der Waals surface area (Å²) in [5.41, 5.74) is 0.633. The summed E-state index contributed by atoms with van der Waals surface area (Å²) in [4.78, 5) is 14.5. The molecule has 1 aliphatic heterocycles. The molecule has 24 heavy (non-hydrogen) atoms. The summed E-state index contributed by atoms with van der Waals surface area (Å²) in [6, 6.07) is 6.67. The number of morpholine rings is 1. The number of aryl methyl sites for hydroxylation is 1. The smallest absolute Gasteiger partial charge is 0.246 e. The molecule has 126 valence electrons. The van der Waals surface area contributed by atoms with Gasteiger partial charge in [0, 0.05) is 19.4 Å². The molecule has 1 saturated heterocycles. The van der Waals surface area contributed by atoms with E-state index in [-0.39, 0.29) is 23.6 Å². The van der Waals surface area contributed by atoms with Crippen LogP contribution in [0.25, 0.3) is 0 Å². The molecule has 1 aromatic heterocycles. The Labute approximate surface area is 138 Å². The summed E-state index contributed by atoms with van der Waals surface area (Å²) in [6.07, 6.45) is 0.302. The zero-order valence-corrected chi connectivity index (χ0v) is 13.3. The van der Waals surface area contributed by atoms with Crippen LogP contribution < -0.4 is 0 Å². The fraction of sp³-hybridized carbons (Fsp3) is 0.471. The number of carbonyl (C=O) groups excluding carboxylic acids is 1. The number of rotatable bonds is 3. The number of hydrogen-bond donors (Lipinski definition) is 0. The Kier molecular flexibility index (Phi) is 3.80. The molecule has 0 spiro atoms. The second-order valence-corrected chi connectivity index (χ2v) is 6.27. The molecule has 7 heteroatoms. The Morgan fingerprint density at radius 2 is 2.17 bits per heavy atom. The van der Waals surface area contributed by atoms with Gasteiger partial charge in [-0.05, 0) is 24.0 Å². The van der Waals surface area contributed by atoms with E-state index in [4.69, 9.17) is 9.15 Å². The summed E-state index contributed by atoms with van der Waals surface area (Å²) < 4.78 is 24.9. The molecule has 0 unspecified atom stereocenters. The van der Waals surface area contributed by atoms with Crippen molar-refractivity contribution in [2.75, 3.05) is 19.7 Å². The zero-order valence-electron chi connectivity index (χ0n) is 13.3. The summed E-state index contributed by atoms with van der Waals surface area (Å²) in [6.45, 7) is 3.06. The third-order valence-electron chi connectivity index (χ3n) is 4.61. The van der Waals surface area contributed by atoms with E-state index >= 15 is 0 Å². The molecule has 1 amide bonds. The first-order valence-electron chi connectivity index (χ1n) is 8.08. The van der Waals surface area contributed by atoms with Crippen LogP contribution in [0, 0.1) is 18.7 Å². The van der Waals surface area contributed by atoms with Crippen LogP contribution in [0.1, 0.15) is 35.8 Å². The van der Waals surface area contributed by atoms with Gasteiger partial charge >= 0.3 is 0 Å². The molecule has 0 bridgehead atoms. The van der Waals surface area contributed by atoms with Crippen LogP contribution in [-0.4, -0.2) is 40.7 Å². The minimum Gasteiger partial charge on any atom is -0.423 e. The number of carbonyl (C=O) groups is 1. The third kappa shape index (κ3) is 2.80. The molecule has 2 aliphatic rings. The van der Waals surface area contributed by atoms with Gasteiger partial charge in [-0.3, -0.25) is 4.79 Å². The lowest BCUT2D eigenvalue weighted by Crippen LogP contribution is -2.43.